The van der Waals surface area contributed by atoms with Crippen molar-refractivity contribution in [3.8, 4) is 6.07 Å². The van der Waals surface area contributed by atoms with Crippen LogP contribution in [-0.2, 0) is 16.1 Å². The van der Waals surface area contributed by atoms with E-state index in [0.717, 1.165) is 5.56 Å². The van der Waals surface area contributed by atoms with Crippen LogP contribution in [0.15, 0.2) is 18.2 Å². The molecule has 1 aromatic rings. The van der Waals surface area contributed by atoms with Crippen molar-refractivity contribution in [1.82, 2.24) is 10.2 Å². The number of fused-ring (bicyclic) bond motifs is 1. The summed E-state index contributed by atoms with van der Waals surface area (Å²) >= 11 is 0. The van der Waals surface area contributed by atoms with E-state index >= 15 is 0 Å². The van der Waals surface area contributed by atoms with Gasteiger partial charge in [0.25, 0.3) is 5.91 Å². The van der Waals surface area contributed by atoms with E-state index in [-0.39, 0.29) is 18.2 Å². The zero-order valence-electron chi connectivity index (χ0n) is 12.5. The third-order valence-corrected chi connectivity index (χ3v) is 3.65. The molecule has 0 aromatic heterocycles. The largest absolute Gasteiger partial charge is 0.322 e. The number of hydrogen-bond donors (Lipinski definition) is 1. The smallest absolute Gasteiger partial charge is 0.255 e. The number of amides is 3. The van der Waals surface area contributed by atoms with E-state index in [1.54, 1.807) is 18.2 Å². The Kier molecular flexibility index (Phi) is 4.56. The molecule has 1 aromatic carbocycles. The lowest BCUT2D eigenvalue weighted by atomic mass is 10.0. The maximum Gasteiger partial charge on any atom is 0.255 e. The zero-order valence-corrected chi connectivity index (χ0v) is 12.5. The number of rotatable bonds is 1. The molecule has 0 saturated carbocycles. The summed E-state index contributed by atoms with van der Waals surface area (Å²) in [5.74, 6) is -0.955. The molecule has 0 bridgehead atoms. The Balaban J connectivity index is 0.000000847. The molecule has 0 aliphatic carbocycles. The van der Waals surface area contributed by atoms with Crippen LogP contribution in [0.2, 0.25) is 0 Å². The summed E-state index contributed by atoms with van der Waals surface area (Å²) in [6.45, 7) is 4.30. The third kappa shape index (κ3) is 2.70. The van der Waals surface area contributed by atoms with Gasteiger partial charge in [0.2, 0.25) is 11.8 Å². The summed E-state index contributed by atoms with van der Waals surface area (Å²) < 4.78 is 0. The lowest BCUT2D eigenvalue weighted by Crippen LogP contribution is -2.52. The van der Waals surface area contributed by atoms with Crippen molar-refractivity contribution in [3.63, 3.8) is 0 Å². The number of carbonyl (C=O) groups is 3. The molecule has 3 amide bonds. The summed E-state index contributed by atoms with van der Waals surface area (Å²) in [6.07, 6.45) is 0.579. The monoisotopic (exact) mass is 299 g/mol. The van der Waals surface area contributed by atoms with E-state index in [1.807, 2.05) is 19.9 Å². The predicted octanol–water partition coefficient (Wildman–Crippen LogP) is 1.35. The van der Waals surface area contributed by atoms with Gasteiger partial charge in [0.15, 0.2) is 0 Å². The number of nitrogens with one attached hydrogen (secondary N) is 1. The molecule has 2 aliphatic rings. The molecule has 0 radical (unpaired) electrons. The van der Waals surface area contributed by atoms with Gasteiger partial charge in [-0.25, -0.2) is 0 Å². The van der Waals surface area contributed by atoms with Crippen molar-refractivity contribution in [2.24, 2.45) is 0 Å². The fraction of sp³-hybridized carbons (Fsp3) is 0.375. The van der Waals surface area contributed by atoms with Gasteiger partial charge < -0.3 is 4.90 Å². The van der Waals surface area contributed by atoms with Crippen LogP contribution in [0.4, 0.5) is 0 Å². The van der Waals surface area contributed by atoms with Crippen molar-refractivity contribution in [1.29, 1.82) is 5.26 Å². The van der Waals surface area contributed by atoms with E-state index < -0.39 is 11.9 Å². The summed E-state index contributed by atoms with van der Waals surface area (Å²) in [7, 11) is 0. The molecule has 1 fully saturated rings. The van der Waals surface area contributed by atoms with Crippen molar-refractivity contribution in [2.75, 3.05) is 0 Å². The standard InChI is InChI=1S/C14H11N3O3.C2H6/c15-6-8-1-2-10-9(5-8)7-17(14(10)20)11-3-4-12(18)16-13(11)19;1-2/h1-2,5,11H,3-4,7H2,(H,16,18,19);1-2H3. The molecule has 2 heterocycles. The molecule has 6 nitrogen and oxygen atoms in total. The Hall–Kier alpha value is -2.68. The van der Waals surface area contributed by atoms with Gasteiger partial charge >= 0.3 is 0 Å². The Bertz CT molecular complexity index is 676. The average Bonchev–Trinajstić information content (AvgIpc) is 2.85. The van der Waals surface area contributed by atoms with Crippen LogP contribution in [0.1, 0.15) is 48.2 Å². The first-order chi connectivity index (χ1) is 10.6. The molecule has 1 saturated heterocycles. The van der Waals surface area contributed by atoms with E-state index in [0.29, 0.717) is 24.1 Å². The highest BCUT2D eigenvalue weighted by Gasteiger charge is 2.38. The Morgan fingerprint density at radius 3 is 2.64 bits per heavy atom. The average molecular weight is 299 g/mol. The number of hydrogen-bond acceptors (Lipinski definition) is 4. The molecular formula is C16H17N3O3. The van der Waals surface area contributed by atoms with Gasteiger partial charge in [-0.2, -0.15) is 5.26 Å². The number of piperidine rings is 1. The quantitative estimate of drug-likeness (QED) is 0.792. The maximum atomic E-state index is 12.3. The van der Waals surface area contributed by atoms with E-state index in [9.17, 15) is 14.4 Å². The van der Waals surface area contributed by atoms with Crippen LogP contribution in [0.5, 0.6) is 0 Å². The van der Waals surface area contributed by atoms with Gasteiger partial charge in [0, 0.05) is 18.5 Å². The summed E-state index contributed by atoms with van der Waals surface area (Å²) in [5.41, 5.74) is 1.76. The second-order valence-corrected chi connectivity index (χ2v) is 4.88. The normalized spacial score (nSPS) is 19.8. The van der Waals surface area contributed by atoms with Crippen LogP contribution in [-0.4, -0.2) is 28.7 Å². The minimum absolute atomic E-state index is 0.223. The van der Waals surface area contributed by atoms with Crippen LogP contribution >= 0.6 is 0 Å². The van der Waals surface area contributed by atoms with Gasteiger partial charge in [-0.1, -0.05) is 13.8 Å². The molecule has 1 unspecified atom stereocenters. The molecule has 6 heteroatoms. The molecule has 114 valence electrons. The predicted molar refractivity (Wildman–Crippen MR) is 78.6 cm³/mol. The summed E-state index contributed by atoms with van der Waals surface area (Å²) in [5, 5.41) is 11.1. The minimum atomic E-state index is -0.613. The molecule has 2 aliphatic heterocycles. The lowest BCUT2D eigenvalue weighted by molar-refractivity contribution is -0.136. The van der Waals surface area contributed by atoms with Crippen LogP contribution in [0.3, 0.4) is 0 Å². The number of benzene rings is 1. The second kappa shape index (κ2) is 6.39. The first-order valence-electron chi connectivity index (χ1n) is 7.28. The molecule has 22 heavy (non-hydrogen) atoms. The zero-order chi connectivity index (χ0) is 16.3. The highest BCUT2D eigenvalue weighted by molar-refractivity contribution is 6.05. The first-order valence-corrected chi connectivity index (χ1v) is 7.28. The van der Waals surface area contributed by atoms with Crippen LogP contribution < -0.4 is 5.32 Å². The molecule has 1 atom stereocenters. The molecule has 3 rings (SSSR count). The van der Waals surface area contributed by atoms with Gasteiger partial charge in [-0.15, -0.1) is 0 Å². The van der Waals surface area contributed by atoms with Crippen molar-refractivity contribution in [3.05, 3.63) is 34.9 Å². The van der Waals surface area contributed by atoms with Crippen LogP contribution in [0.25, 0.3) is 0 Å². The SMILES string of the molecule is CC.N#Cc1ccc2c(c1)CN(C1CCC(=O)NC1=O)C2=O. The number of imide groups is 1. The number of carbonyl (C=O) groups excluding carboxylic acids is 3. The summed E-state index contributed by atoms with van der Waals surface area (Å²) in [4.78, 5) is 36.7. The lowest BCUT2D eigenvalue weighted by Gasteiger charge is -2.29. The van der Waals surface area contributed by atoms with Crippen molar-refractivity contribution in [2.45, 2.75) is 39.3 Å². The highest BCUT2D eigenvalue weighted by Crippen LogP contribution is 2.27. The van der Waals surface area contributed by atoms with E-state index in [4.69, 9.17) is 5.26 Å². The minimum Gasteiger partial charge on any atom is -0.322 e. The molecular weight excluding hydrogens is 282 g/mol. The number of nitrogens with zero attached hydrogens (tertiary/aromatic N) is 2. The van der Waals surface area contributed by atoms with Crippen molar-refractivity contribution < 1.29 is 14.4 Å². The number of nitriles is 1. The Labute approximate surface area is 128 Å². The Morgan fingerprint density at radius 2 is 2.00 bits per heavy atom. The fourth-order valence-corrected chi connectivity index (χ4v) is 2.64. The molecule has 1 N–H and O–H groups in total. The van der Waals surface area contributed by atoms with Gasteiger partial charge in [0.05, 0.1) is 11.6 Å². The first kappa shape index (κ1) is 15.7. The summed E-state index contributed by atoms with van der Waals surface area (Å²) in [6, 6.07) is 6.28. The molecule has 0 spiro atoms. The third-order valence-electron chi connectivity index (χ3n) is 3.65. The highest BCUT2D eigenvalue weighted by atomic mass is 16.2. The van der Waals surface area contributed by atoms with Gasteiger partial charge in [0.1, 0.15) is 6.04 Å². The fourth-order valence-electron chi connectivity index (χ4n) is 2.64. The van der Waals surface area contributed by atoms with Crippen LogP contribution in [0, 0.1) is 11.3 Å². The van der Waals surface area contributed by atoms with Gasteiger partial charge in [-0.3, -0.25) is 19.7 Å². The van der Waals surface area contributed by atoms with E-state index in [1.165, 1.54) is 4.90 Å². The Morgan fingerprint density at radius 1 is 1.27 bits per heavy atom. The van der Waals surface area contributed by atoms with E-state index in [2.05, 4.69) is 5.32 Å². The maximum absolute atomic E-state index is 12.3. The second-order valence-electron chi connectivity index (χ2n) is 4.88. The van der Waals surface area contributed by atoms with Gasteiger partial charge in [-0.05, 0) is 30.2 Å². The van der Waals surface area contributed by atoms with Crippen molar-refractivity contribution >= 4 is 17.7 Å². The topological polar surface area (TPSA) is 90.3 Å².